The summed E-state index contributed by atoms with van der Waals surface area (Å²) in [5.74, 6) is -0.412. The van der Waals surface area contributed by atoms with Crippen LogP contribution in [0, 0.1) is 10.7 Å². The first-order valence-electron chi connectivity index (χ1n) is 8.46. The van der Waals surface area contributed by atoms with Gasteiger partial charge in [-0.1, -0.05) is 6.07 Å². The molecule has 0 unspecified atom stereocenters. The Morgan fingerprint density at radius 1 is 1.28 bits per heavy atom. The third kappa shape index (κ3) is 3.54. The van der Waals surface area contributed by atoms with Crippen molar-refractivity contribution >= 4 is 23.6 Å². The first-order chi connectivity index (χ1) is 11.9. The number of rotatable bonds is 4. The smallest absolute Gasteiger partial charge is 0.296 e. The van der Waals surface area contributed by atoms with Crippen LogP contribution in [0.4, 0.5) is 13.2 Å². The molecule has 4 nitrogen and oxygen atoms in total. The van der Waals surface area contributed by atoms with Gasteiger partial charge in [-0.05, 0) is 55.9 Å². The van der Waals surface area contributed by atoms with E-state index in [4.69, 9.17) is 12.2 Å². The summed E-state index contributed by atoms with van der Waals surface area (Å²) in [6, 6.07) is 4.35. The molecule has 1 aliphatic heterocycles. The number of hydrogen-bond donors (Lipinski definition) is 0. The summed E-state index contributed by atoms with van der Waals surface area (Å²) >= 11 is 7.20. The van der Waals surface area contributed by atoms with Crippen LogP contribution in [0.2, 0.25) is 0 Å². The Morgan fingerprint density at radius 2 is 2.08 bits per heavy atom. The van der Waals surface area contributed by atoms with Crippen molar-refractivity contribution in [1.29, 1.82) is 0 Å². The van der Waals surface area contributed by atoms with Crippen molar-refractivity contribution in [2.75, 3.05) is 13.1 Å². The Hall–Kier alpha value is -1.19. The average molecular weight is 388 g/mol. The molecule has 0 N–H and O–H groups in total. The Morgan fingerprint density at radius 3 is 2.72 bits per heavy atom. The van der Waals surface area contributed by atoms with E-state index in [-0.39, 0.29) is 13.0 Å². The first-order valence-corrected chi connectivity index (χ1v) is 9.74. The summed E-state index contributed by atoms with van der Waals surface area (Å²) in [5.41, 5.74) is 0. The molecule has 9 heteroatoms. The summed E-state index contributed by atoms with van der Waals surface area (Å²) < 4.78 is 43.5. The predicted octanol–water partition coefficient (Wildman–Crippen LogP) is 4.71. The van der Waals surface area contributed by atoms with Crippen molar-refractivity contribution in [3.8, 4) is 10.7 Å². The van der Waals surface area contributed by atoms with Gasteiger partial charge in [-0.2, -0.15) is 13.2 Å². The Bertz CT molecular complexity index is 789. The number of piperidine rings is 1. The molecule has 0 spiro atoms. The van der Waals surface area contributed by atoms with E-state index >= 15 is 0 Å². The Labute approximate surface area is 152 Å². The molecule has 2 aromatic heterocycles. The van der Waals surface area contributed by atoms with Gasteiger partial charge in [0.1, 0.15) is 0 Å². The van der Waals surface area contributed by atoms with E-state index in [0.717, 1.165) is 23.5 Å². The van der Waals surface area contributed by atoms with Gasteiger partial charge in [-0.3, -0.25) is 9.47 Å². The minimum absolute atomic E-state index is 0.0237. The molecule has 136 valence electrons. The number of aromatic nitrogens is 3. The SMILES string of the molecule is FC(F)(F)[C@@H]1CCCN(Cn2nc(-c3cccs3)n(C3CC3)c2=S)C1. The van der Waals surface area contributed by atoms with Gasteiger partial charge in [-0.15, -0.1) is 16.4 Å². The van der Waals surface area contributed by atoms with E-state index < -0.39 is 12.1 Å². The van der Waals surface area contributed by atoms with Gasteiger partial charge in [0, 0.05) is 12.6 Å². The van der Waals surface area contributed by atoms with Crippen molar-refractivity contribution in [3.63, 3.8) is 0 Å². The topological polar surface area (TPSA) is 26.0 Å². The molecule has 1 atom stereocenters. The van der Waals surface area contributed by atoms with Crippen molar-refractivity contribution in [1.82, 2.24) is 19.2 Å². The predicted molar refractivity (Wildman–Crippen MR) is 93.0 cm³/mol. The minimum Gasteiger partial charge on any atom is -0.296 e. The van der Waals surface area contributed by atoms with E-state index in [1.807, 2.05) is 22.4 Å². The number of likely N-dealkylation sites (tertiary alicyclic amines) is 1. The van der Waals surface area contributed by atoms with Crippen LogP contribution in [-0.2, 0) is 6.67 Å². The number of thiophene rings is 1. The third-order valence-electron chi connectivity index (χ3n) is 4.83. The van der Waals surface area contributed by atoms with Crippen LogP contribution < -0.4 is 0 Å². The molecule has 4 rings (SSSR count). The highest BCUT2D eigenvalue weighted by Crippen LogP contribution is 2.39. The van der Waals surface area contributed by atoms with Gasteiger partial charge in [0.2, 0.25) is 0 Å². The van der Waals surface area contributed by atoms with Crippen molar-refractivity contribution in [3.05, 3.63) is 22.3 Å². The zero-order valence-corrected chi connectivity index (χ0v) is 15.2. The van der Waals surface area contributed by atoms with Gasteiger partial charge < -0.3 is 0 Å². The Balaban J connectivity index is 1.59. The van der Waals surface area contributed by atoms with Gasteiger partial charge in [0.15, 0.2) is 10.6 Å². The first kappa shape index (κ1) is 17.2. The molecular formula is C16H19F3N4S2. The molecule has 0 amide bonds. The van der Waals surface area contributed by atoms with Crippen LogP contribution >= 0.6 is 23.6 Å². The summed E-state index contributed by atoms with van der Waals surface area (Å²) in [6.07, 6.45) is -1.20. The lowest BCUT2D eigenvalue weighted by molar-refractivity contribution is -0.188. The lowest BCUT2D eigenvalue weighted by Crippen LogP contribution is -2.42. The number of hydrogen-bond acceptors (Lipinski definition) is 4. The van der Waals surface area contributed by atoms with Crippen LogP contribution in [0.25, 0.3) is 10.7 Å². The molecule has 1 aliphatic carbocycles. The highest BCUT2D eigenvalue weighted by Gasteiger charge is 2.42. The molecule has 0 radical (unpaired) electrons. The van der Waals surface area contributed by atoms with Gasteiger partial charge in [0.25, 0.3) is 0 Å². The lowest BCUT2D eigenvalue weighted by Gasteiger charge is -2.33. The normalized spacial score (nSPS) is 22.4. The van der Waals surface area contributed by atoms with Crippen molar-refractivity contribution in [2.24, 2.45) is 5.92 Å². The zero-order chi connectivity index (χ0) is 17.6. The number of nitrogens with zero attached hydrogens (tertiary/aromatic N) is 4. The minimum atomic E-state index is -4.13. The average Bonchev–Trinajstić information content (AvgIpc) is 3.14. The van der Waals surface area contributed by atoms with E-state index in [2.05, 4.69) is 9.67 Å². The third-order valence-corrected chi connectivity index (χ3v) is 6.10. The van der Waals surface area contributed by atoms with E-state index in [1.54, 1.807) is 16.0 Å². The molecule has 3 heterocycles. The highest BCUT2D eigenvalue weighted by molar-refractivity contribution is 7.71. The van der Waals surface area contributed by atoms with Crippen LogP contribution in [-0.4, -0.2) is 38.5 Å². The second kappa shape index (κ2) is 6.51. The largest absolute Gasteiger partial charge is 0.393 e. The standard InChI is InChI=1S/C16H19F3N4S2/c17-16(18,19)11-3-1-7-21(9-11)10-22-15(24)23(12-5-6-12)14(20-22)13-4-2-8-25-13/h2,4,8,11-12H,1,3,5-7,9-10H2/t11-/m1/s1. The van der Waals surface area contributed by atoms with E-state index in [9.17, 15) is 13.2 Å². The fourth-order valence-electron chi connectivity index (χ4n) is 3.39. The molecule has 2 fully saturated rings. The fourth-order valence-corrected chi connectivity index (χ4v) is 4.43. The maximum Gasteiger partial charge on any atom is 0.393 e. The van der Waals surface area contributed by atoms with E-state index in [0.29, 0.717) is 30.4 Å². The zero-order valence-electron chi connectivity index (χ0n) is 13.6. The lowest BCUT2D eigenvalue weighted by atomic mass is 9.98. The molecule has 1 saturated heterocycles. The van der Waals surface area contributed by atoms with Crippen molar-refractivity contribution in [2.45, 2.75) is 44.6 Å². The molecule has 0 bridgehead atoms. The maximum atomic E-state index is 13.0. The quantitative estimate of drug-likeness (QED) is 0.710. The number of alkyl halides is 3. The summed E-state index contributed by atoms with van der Waals surface area (Å²) in [7, 11) is 0. The van der Waals surface area contributed by atoms with Crippen LogP contribution in [0.3, 0.4) is 0 Å². The summed E-state index contributed by atoms with van der Waals surface area (Å²) in [4.78, 5) is 2.86. The monoisotopic (exact) mass is 388 g/mol. The second-order valence-electron chi connectivity index (χ2n) is 6.78. The number of halogens is 3. The molecule has 1 saturated carbocycles. The summed E-state index contributed by atoms with van der Waals surface area (Å²) in [6.45, 7) is 0.998. The molecule has 2 aliphatic rings. The van der Waals surface area contributed by atoms with Crippen molar-refractivity contribution < 1.29 is 13.2 Å². The van der Waals surface area contributed by atoms with Crippen LogP contribution in [0.1, 0.15) is 31.7 Å². The van der Waals surface area contributed by atoms with Gasteiger partial charge >= 0.3 is 6.18 Å². The molecular weight excluding hydrogens is 369 g/mol. The van der Waals surface area contributed by atoms with Crippen LogP contribution in [0.5, 0.6) is 0 Å². The summed E-state index contributed by atoms with van der Waals surface area (Å²) in [5, 5.41) is 6.65. The second-order valence-corrected chi connectivity index (χ2v) is 8.10. The van der Waals surface area contributed by atoms with Gasteiger partial charge in [0.05, 0.1) is 17.5 Å². The van der Waals surface area contributed by atoms with E-state index in [1.165, 1.54) is 0 Å². The maximum absolute atomic E-state index is 13.0. The van der Waals surface area contributed by atoms with Gasteiger partial charge in [-0.25, -0.2) is 4.68 Å². The Kier molecular flexibility index (Phi) is 4.49. The van der Waals surface area contributed by atoms with Crippen LogP contribution in [0.15, 0.2) is 17.5 Å². The highest BCUT2D eigenvalue weighted by atomic mass is 32.1. The molecule has 0 aromatic carbocycles. The fraction of sp³-hybridized carbons (Fsp3) is 0.625. The molecule has 25 heavy (non-hydrogen) atoms. The molecule has 2 aromatic rings.